The molecule has 17 heavy (non-hydrogen) atoms. The first kappa shape index (κ1) is 11.5. The van der Waals surface area contributed by atoms with Gasteiger partial charge in [0.1, 0.15) is 11.5 Å². The number of carbonyl (C=O) groups is 1. The minimum Gasteiger partial charge on any atom is -0.478 e. The van der Waals surface area contributed by atoms with E-state index in [0.717, 1.165) is 0 Å². The van der Waals surface area contributed by atoms with Gasteiger partial charge in [-0.1, -0.05) is 11.6 Å². The molecule has 3 nitrogen and oxygen atoms in total. The molecule has 2 rings (SSSR count). The molecule has 0 aromatic heterocycles. The number of carboxylic acid groups (broad SMARTS) is 1. The summed E-state index contributed by atoms with van der Waals surface area (Å²) in [5, 5.41) is 9.38. The van der Waals surface area contributed by atoms with Gasteiger partial charge in [0, 0.05) is 5.02 Å². The van der Waals surface area contributed by atoms with Crippen LogP contribution in [0.15, 0.2) is 48.5 Å². The van der Waals surface area contributed by atoms with Gasteiger partial charge in [0.15, 0.2) is 0 Å². The number of carboxylic acids is 1. The van der Waals surface area contributed by atoms with Crippen molar-refractivity contribution in [3.63, 3.8) is 0 Å². The maximum atomic E-state index is 10.7. The van der Waals surface area contributed by atoms with E-state index in [1.165, 1.54) is 12.1 Å². The Labute approximate surface area is 103 Å². The van der Waals surface area contributed by atoms with Crippen LogP contribution in [0.4, 0.5) is 0 Å². The highest BCUT2D eigenvalue weighted by atomic mass is 35.5. The Kier molecular flexibility index (Phi) is 3.30. The molecule has 0 spiro atoms. The highest BCUT2D eigenvalue weighted by Gasteiger charge is 2.02. The molecule has 0 amide bonds. The predicted molar refractivity (Wildman–Crippen MR) is 64.9 cm³/mol. The topological polar surface area (TPSA) is 46.5 Å². The molecular weight excluding hydrogens is 240 g/mol. The third kappa shape index (κ3) is 2.98. The van der Waals surface area contributed by atoms with E-state index in [1.807, 2.05) is 0 Å². The van der Waals surface area contributed by atoms with E-state index < -0.39 is 5.97 Å². The fourth-order valence-corrected chi connectivity index (χ4v) is 1.43. The van der Waals surface area contributed by atoms with Crippen LogP contribution in [0, 0.1) is 0 Å². The van der Waals surface area contributed by atoms with Crippen LogP contribution >= 0.6 is 11.6 Å². The molecule has 0 unspecified atom stereocenters. The van der Waals surface area contributed by atoms with Gasteiger partial charge in [0.05, 0.1) is 5.56 Å². The Balaban J connectivity index is 2.13. The molecule has 2 aromatic rings. The zero-order valence-corrected chi connectivity index (χ0v) is 9.52. The lowest BCUT2D eigenvalue weighted by Crippen LogP contribution is -1.95. The summed E-state index contributed by atoms with van der Waals surface area (Å²) < 4.78 is 5.52. The van der Waals surface area contributed by atoms with Crippen LogP contribution in [0.2, 0.25) is 5.02 Å². The molecule has 0 saturated heterocycles. The number of hydrogen-bond acceptors (Lipinski definition) is 2. The third-order valence-electron chi connectivity index (χ3n) is 2.15. The van der Waals surface area contributed by atoms with Crippen LogP contribution in [0.25, 0.3) is 0 Å². The first-order valence-corrected chi connectivity index (χ1v) is 5.30. The lowest BCUT2D eigenvalue weighted by atomic mass is 10.2. The number of aromatic carboxylic acids is 1. The monoisotopic (exact) mass is 248 g/mol. The third-order valence-corrected chi connectivity index (χ3v) is 2.40. The summed E-state index contributed by atoms with van der Waals surface area (Å²) in [4.78, 5) is 10.7. The molecule has 0 atom stereocenters. The van der Waals surface area contributed by atoms with Crippen molar-refractivity contribution < 1.29 is 14.6 Å². The average molecular weight is 249 g/mol. The number of ether oxygens (including phenoxy) is 1. The Morgan fingerprint density at radius 2 is 1.41 bits per heavy atom. The van der Waals surface area contributed by atoms with Crippen LogP contribution in [0.1, 0.15) is 10.4 Å². The van der Waals surface area contributed by atoms with Crippen LogP contribution in [-0.4, -0.2) is 11.1 Å². The van der Waals surface area contributed by atoms with Crippen LogP contribution in [-0.2, 0) is 0 Å². The maximum Gasteiger partial charge on any atom is 0.335 e. The van der Waals surface area contributed by atoms with Crippen molar-refractivity contribution in [2.24, 2.45) is 0 Å². The molecule has 1 N–H and O–H groups in total. The van der Waals surface area contributed by atoms with Gasteiger partial charge in [-0.05, 0) is 48.5 Å². The standard InChI is InChI=1S/C13H9ClO3/c14-10-3-7-12(8-4-10)17-11-5-1-9(2-6-11)13(15)16/h1-8H,(H,15,16). The first-order chi connectivity index (χ1) is 8.15. The fraction of sp³-hybridized carbons (Fsp3) is 0. The molecule has 0 aliphatic carbocycles. The minimum absolute atomic E-state index is 0.230. The van der Waals surface area contributed by atoms with E-state index in [1.54, 1.807) is 36.4 Å². The van der Waals surface area contributed by atoms with Gasteiger partial charge >= 0.3 is 5.97 Å². The average Bonchev–Trinajstić information content (AvgIpc) is 2.33. The molecule has 86 valence electrons. The number of halogens is 1. The van der Waals surface area contributed by atoms with E-state index in [0.29, 0.717) is 16.5 Å². The van der Waals surface area contributed by atoms with Crippen molar-refractivity contribution in [1.29, 1.82) is 0 Å². The van der Waals surface area contributed by atoms with Crippen LogP contribution in [0.3, 0.4) is 0 Å². The zero-order chi connectivity index (χ0) is 12.3. The van der Waals surface area contributed by atoms with Crippen LogP contribution in [0.5, 0.6) is 11.5 Å². The largest absolute Gasteiger partial charge is 0.478 e. The molecule has 0 aliphatic heterocycles. The Hall–Kier alpha value is -2.00. The molecular formula is C13H9ClO3. The predicted octanol–water partition coefficient (Wildman–Crippen LogP) is 3.83. The molecule has 4 heteroatoms. The maximum absolute atomic E-state index is 10.7. The number of rotatable bonds is 3. The van der Waals surface area contributed by atoms with Crippen molar-refractivity contribution in [2.45, 2.75) is 0 Å². The Morgan fingerprint density at radius 3 is 1.88 bits per heavy atom. The first-order valence-electron chi connectivity index (χ1n) is 4.92. The second-order valence-corrected chi connectivity index (χ2v) is 3.82. The molecule has 0 heterocycles. The van der Waals surface area contributed by atoms with Gasteiger partial charge in [0.2, 0.25) is 0 Å². The van der Waals surface area contributed by atoms with E-state index in [2.05, 4.69) is 0 Å². The summed E-state index contributed by atoms with van der Waals surface area (Å²) in [7, 11) is 0. The molecule has 0 bridgehead atoms. The van der Waals surface area contributed by atoms with Crippen molar-refractivity contribution in [2.75, 3.05) is 0 Å². The van der Waals surface area contributed by atoms with Gasteiger partial charge in [0.25, 0.3) is 0 Å². The van der Waals surface area contributed by atoms with Crippen molar-refractivity contribution in [3.05, 3.63) is 59.1 Å². The van der Waals surface area contributed by atoms with Gasteiger partial charge in [-0.15, -0.1) is 0 Å². The van der Waals surface area contributed by atoms with Gasteiger partial charge < -0.3 is 9.84 Å². The SMILES string of the molecule is O=C(O)c1ccc(Oc2ccc(Cl)cc2)cc1. The van der Waals surface area contributed by atoms with Crippen molar-refractivity contribution in [3.8, 4) is 11.5 Å². The zero-order valence-electron chi connectivity index (χ0n) is 8.76. The summed E-state index contributed by atoms with van der Waals surface area (Å²) in [6.45, 7) is 0. The molecule has 2 aromatic carbocycles. The van der Waals surface area contributed by atoms with Gasteiger partial charge in [-0.2, -0.15) is 0 Å². The fourth-order valence-electron chi connectivity index (χ4n) is 1.30. The number of benzene rings is 2. The molecule has 0 saturated carbocycles. The summed E-state index contributed by atoms with van der Waals surface area (Å²) >= 11 is 5.75. The highest BCUT2D eigenvalue weighted by Crippen LogP contribution is 2.23. The quantitative estimate of drug-likeness (QED) is 0.898. The Morgan fingerprint density at radius 1 is 0.941 bits per heavy atom. The van der Waals surface area contributed by atoms with E-state index in [9.17, 15) is 4.79 Å². The molecule has 0 aliphatic rings. The number of hydrogen-bond donors (Lipinski definition) is 1. The van der Waals surface area contributed by atoms with E-state index >= 15 is 0 Å². The van der Waals surface area contributed by atoms with Crippen molar-refractivity contribution in [1.82, 2.24) is 0 Å². The van der Waals surface area contributed by atoms with Crippen molar-refractivity contribution >= 4 is 17.6 Å². The molecule has 0 fully saturated rings. The summed E-state index contributed by atoms with van der Waals surface area (Å²) in [6.07, 6.45) is 0. The molecule has 0 radical (unpaired) electrons. The van der Waals surface area contributed by atoms with Gasteiger partial charge in [-0.3, -0.25) is 0 Å². The second kappa shape index (κ2) is 4.89. The van der Waals surface area contributed by atoms with Gasteiger partial charge in [-0.25, -0.2) is 4.79 Å². The Bertz CT molecular complexity index is 517. The summed E-state index contributed by atoms with van der Waals surface area (Å²) in [5.41, 5.74) is 0.230. The lowest BCUT2D eigenvalue weighted by Gasteiger charge is -2.05. The normalized spacial score (nSPS) is 9.94. The van der Waals surface area contributed by atoms with E-state index in [4.69, 9.17) is 21.4 Å². The summed E-state index contributed by atoms with van der Waals surface area (Å²) in [5.74, 6) is 0.276. The smallest absolute Gasteiger partial charge is 0.335 e. The minimum atomic E-state index is -0.956. The van der Waals surface area contributed by atoms with Crippen LogP contribution < -0.4 is 4.74 Å². The van der Waals surface area contributed by atoms with E-state index in [-0.39, 0.29) is 5.56 Å². The second-order valence-electron chi connectivity index (χ2n) is 3.39. The lowest BCUT2D eigenvalue weighted by molar-refractivity contribution is 0.0697. The summed E-state index contributed by atoms with van der Waals surface area (Å²) in [6, 6.07) is 13.1. The highest BCUT2D eigenvalue weighted by molar-refractivity contribution is 6.30.